The first-order valence-corrected chi connectivity index (χ1v) is 10.3. The fourth-order valence-electron chi connectivity index (χ4n) is 3.51. The Morgan fingerprint density at radius 1 is 1.15 bits per heavy atom. The standard InChI is InChI=1S/C23H20N4O7/c1-13(2)9-19(26-21(29)16-5-3-4-6-17(16)22(26)30)23(31)34-12-20(28)25-18-8-7-15(27(32)33)10-14(18)11-24/h3-8,10,13,19H,9,12H2,1-2H3,(H,25,28). The van der Waals surface area contributed by atoms with E-state index in [0.29, 0.717) is 0 Å². The highest BCUT2D eigenvalue weighted by Gasteiger charge is 2.43. The van der Waals surface area contributed by atoms with E-state index in [1.807, 2.05) is 13.8 Å². The smallest absolute Gasteiger partial charge is 0.329 e. The predicted octanol–water partition coefficient (Wildman–Crippen LogP) is 2.66. The molecule has 0 radical (unpaired) electrons. The van der Waals surface area contributed by atoms with E-state index in [9.17, 15) is 34.6 Å². The highest BCUT2D eigenvalue weighted by atomic mass is 16.6. The zero-order valence-corrected chi connectivity index (χ0v) is 18.3. The summed E-state index contributed by atoms with van der Waals surface area (Å²) in [4.78, 5) is 61.8. The lowest BCUT2D eigenvalue weighted by Gasteiger charge is -2.25. The number of hydrogen-bond acceptors (Lipinski definition) is 8. The van der Waals surface area contributed by atoms with Gasteiger partial charge >= 0.3 is 5.97 Å². The number of nitrogens with zero attached hydrogens (tertiary/aromatic N) is 3. The summed E-state index contributed by atoms with van der Waals surface area (Å²) in [6.07, 6.45) is 0.132. The maximum atomic E-state index is 12.8. The molecule has 1 heterocycles. The molecule has 2 aromatic rings. The molecule has 1 N–H and O–H groups in total. The number of anilines is 1. The molecule has 0 saturated heterocycles. The van der Waals surface area contributed by atoms with Crippen LogP contribution in [-0.2, 0) is 14.3 Å². The topological polar surface area (TPSA) is 160 Å². The number of nitro groups is 1. The molecule has 3 rings (SSSR count). The maximum Gasteiger partial charge on any atom is 0.329 e. The van der Waals surface area contributed by atoms with Gasteiger partial charge in [-0.25, -0.2) is 4.79 Å². The molecule has 174 valence electrons. The van der Waals surface area contributed by atoms with E-state index in [1.165, 1.54) is 18.2 Å². The molecular formula is C23H20N4O7. The molecule has 1 aliphatic heterocycles. The number of rotatable bonds is 8. The molecular weight excluding hydrogens is 444 g/mol. The summed E-state index contributed by atoms with van der Waals surface area (Å²) in [5.41, 5.74) is -0.0766. The number of esters is 1. The van der Waals surface area contributed by atoms with Crippen molar-refractivity contribution in [2.75, 3.05) is 11.9 Å². The second-order valence-electron chi connectivity index (χ2n) is 7.93. The van der Waals surface area contributed by atoms with Crippen molar-refractivity contribution < 1.29 is 28.8 Å². The van der Waals surface area contributed by atoms with Crippen LogP contribution >= 0.6 is 0 Å². The fraction of sp³-hybridized carbons (Fsp3) is 0.261. The van der Waals surface area contributed by atoms with Crippen molar-refractivity contribution >= 4 is 35.1 Å². The summed E-state index contributed by atoms with van der Waals surface area (Å²) in [5.74, 6) is -3.03. The van der Waals surface area contributed by atoms with Gasteiger partial charge in [-0.1, -0.05) is 26.0 Å². The number of nitriles is 1. The third-order valence-corrected chi connectivity index (χ3v) is 5.06. The van der Waals surface area contributed by atoms with Gasteiger partial charge in [0, 0.05) is 12.1 Å². The van der Waals surface area contributed by atoms with Crippen molar-refractivity contribution in [2.45, 2.75) is 26.3 Å². The van der Waals surface area contributed by atoms with E-state index in [-0.39, 0.29) is 40.4 Å². The van der Waals surface area contributed by atoms with Gasteiger partial charge in [0.1, 0.15) is 12.1 Å². The molecule has 0 aliphatic carbocycles. The van der Waals surface area contributed by atoms with Crippen molar-refractivity contribution in [1.82, 2.24) is 4.90 Å². The Kier molecular flexibility index (Phi) is 7.01. The highest BCUT2D eigenvalue weighted by molar-refractivity contribution is 6.22. The van der Waals surface area contributed by atoms with Gasteiger partial charge in [0.25, 0.3) is 23.4 Å². The molecule has 1 aliphatic rings. The van der Waals surface area contributed by atoms with Gasteiger partial charge in [0.05, 0.1) is 27.3 Å². The number of carbonyl (C=O) groups is 4. The molecule has 1 unspecified atom stereocenters. The van der Waals surface area contributed by atoms with Crippen LogP contribution in [0.25, 0.3) is 0 Å². The quantitative estimate of drug-likeness (QED) is 0.270. The Balaban J connectivity index is 1.71. The van der Waals surface area contributed by atoms with E-state index >= 15 is 0 Å². The largest absolute Gasteiger partial charge is 0.454 e. The second kappa shape index (κ2) is 9.91. The normalized spacial score (nSPS) is 13.3. The number of ether oxygens (including phenoxy) is 1. The molecule has 11 nitrogen and oxygen atoms in total. The fourth-order valence-corrected chi connectivity index (χ4v) is 3.51. The first-order chi connectivity index (χ1) is 16.1. The molecule has 0 aromatic heterocycles. The molecule has 3 amide bonds. The van der Waals surface area contributed by atoms with Crippen LogP contribution in [0.1, 0.15) is 46.5 Å². The zero-order chi connectivity index (χ0) is 25.0. The first kappa shape index (κ1) is 24.1. The van der Waals surface area contributed by atoms with Crippen molar-refractivity contribution in [2.24, 2.45) is 5.92 Å². The van der Waals surface area contributed by atoms with Crippen molar-refractivity contribution in [1.29, 1.82) is 5.26 Å². The van der Waals surface area contributed by atoms with Crippen LogP contribution in [0.15, 0.2) is 42.5 Å². The lowest BCUT2D eigenvalue weighted by molar-refractivity contribution is -0.384. The monoisotopic (exact) mass is 464 g/mol. The molecule has 34 heavy (non-hydrogen) atoms. The summed E-state index contributed by atoms with van der Waals surface area (Å²) >= 11 is 0. The average molecular weight is 464 g/mol. The highest BCUT2D eigenvalue weighted by Crippen LogP contribution is 2.27. The van der Waals surface area contributed by atoms with E-state index in [0.717, 1.165) is 17.0 Å². The molecule has 0 fully saturated rings. The van der Waals surface area contributed by atoms with E-state index in [1.54, 1.807) is 18.2 Å². The molecule has 1 atom stereocenters. The van der Waals surface area contributed by atoms with Crippen molar-refractivity contribution in [3.05, 3.63) is 69.3 Å². The number of amides is 3. The van der Waals surface area contributed by atoms with Gasteiger partial charge < -0.3 is 10.1 Å². The van der Waals surface area contributed by atoms with Crippen LogP contribution < -0.4 is 5.32 Å². The minimum Gasteiger partial charge on any atom is -0.454 e. The van der Waals surface area contributed by atoms with Crippen molar-refractivity contribution in [3.63, 3.8) is 0 Å². The number of nitrogens with one attached hydrogen (secondary N) is 1. The van der Waals surface area contributed by atoms with E-state index in [2.05, 4.69) is 5.32 Å². The lowest BCUT2D eigenvalue weighted by atomic mass is 10.0. The molecule has 0 spiro atoms. The van der Waals surface area contributed by atoms with Gasteiger partial charge in [-0.3, -0.25) is 29.4 Å². The molecule has 2 aromatic carbocycles. The molecule has 0 saturated carbocycles. The lowest BCUT2D eigenvalue weighted by Crippen LogP contribution is -2.46. The third kappa shape index (κ3) is 4.91. The third-order valence-electron chi connectivity index (χ3n) is 5.06. The summed E-state index contributed by atoms with van der Waals surface area (Å²) < 4.78 is 5.09. The van der Waals surface area contributed by atoms with Crippen LogP contribution in [-0.4, -0.2) is 46.2 Å². The van der Waals surface area contributed by atoms with Gasteiger partial charge in [-0.2, -0.15) is 5.26 Å². The summed E-state index contributed by atoms with van der Waals surface area (Å²) in [6.45, 7) is 2.87. The summed E-state index contributed by atoms with van der Waals surface area (Å²) in [6, 6.07) is 10.0. The van der Waals surface area contributed by atoms with Crippen molar-refractivity contribution in [3.8, 4) is 6.07 Å². The second-order valence-corrected chi connectivity index (χ2v) is 7.93. The minimum absolute atomic E-state index is 0.00762. The number of nitro benzene ring substituents is 1. The van der Waals surface area contributed by atoms with Crippen LogP contribution in [0.4, 0.5) is 11.4 Å². The minimum atomic E-state index is -1.23. The number of fused-ring (bicyclic) bond motifs is 1. The SMILES string of the molecule is CC(C)CC(C(=O)OCC(=O)Nc1ccc([N+](=O)[O-])cc1C#N)N1C(=O)c2ccccc2C1=O. The Hall–Kier alpha value is -4.59. The first-order valence-electron chi connectivity index (χ1n) is 10.3. The Labute approximate surface area is 194 Å². The molecule has 11 heteroatoms. The summed E-state index contributed by atoms with van der Waals surface area (Å²) in [5, 5.41) is 22.4. The predicted molar refractivity (Wildman–Crippen MR) is 118 cm³/mol. The van der Waals surface area contributed by atoms with E-state index in [4.69, 9.17) is 4.74 Å². The van der Waals surface area contributed by atoms with Gasteiger partial charge in [-0.15, -0.1) is 0 Å². The number of non-ortho nitro benzene ring substituents is 1. The zero-order valence-electron chi connectivity index (χ0n) is 18.3. The maximum absolute atomic E-state index is 12.8. The Morgan fingerprint density at radius 3 is 2.29 bits per heavy atom. The van der Waals surface area contributed by atoms with Crippen LogP contribution in [0.3, 0.4) is 0 Å². The van der Waals surface area contributed by atoms with Crippen LogP contribution in [0.5, 0.6) is 0 Å². The Bertz CT molecular complexity index is 1200. The van der Waals surface area contributed by atoms with Gasteiger partial charge in [0.2, 0.25) is 0 Å². The molecule has 0 bridgehead atoms. The average Bonchev–Trinajstić information content (AvgIpc) is 3.06. The van der Waals surface area contributed by atoms with Gasteiger partial charge in [0.15, 0.2) is 6.61 Å². The number of carbonyl (C=O) groups excluding carboxylic acids is 4. The number of hydrogen-bond donors (Lipinski definition) is 1. The van der Waals surface area contributed by atoms with E-state index < -0.39 is 41.3 Å². The van der Waals surface area contributed by atoms with Gasteiger partial charge in [-0.05, 0) is 30.5 Å². The summed E-state index contributed by atoms with van der Waals surface area (Å²) in [7, 11) is 0. The van der Waals surface area contributed by atoms with Crippen LogP contribution in [0, 0.1) is 27.4 Å². The van der Waals surface area contributed by atoms with Crippen LogP contribution in [0.2, 0.25) is 0 Å². The number of benzene rings is 2. The Morgan fingerprint density at radius 2 is 1.76 bits per heavy atom. The number of imide groups is 1.